The second-order valence-corrected chi connectivity index (χ2v) is 7.49. The normalized spacial score (nSPS) is 18.2. The number of carbonyl (C=O) groups is 1. The highest BCUT2D eigenvalue weighted by atomic mass is 35.5. The number of fused-ring (bicyclic) bond motifs is 1. The summed E-state index contributed by atoms with van der Waals surface area (Å²) in [5, 5.41) is 8.96. The smallest absolute Gasteiger partial charge is 0.306 e. The second kappa shape index (κ2) is 8.45. The Kier molecular flexibility index (Phi) is 5.74. The van der Waals surface area contributed by atoms with Crippen molar-refractivity contribution < 1.29 is 28.2 Å². The first-order valence-electron chi connectivity index (χ1n) is 9.42. The summed E-state index contributed by atoms with van der Waals surface area (Å²) in [5.41, 5.74) is 0.243. The predicted molar refractivity (Wildman–Crippen MR) is 108 cm³/mol. The number of hydrogen-bond donors (Lipinski definition) is 1. The molecule has 4 rings (SSSR count). The third-order valence-electron chi connectivity index (χ3n) is 5.04. The van der Waals surface area contributed by atoms with Gasteiger partial charge in [-0.1, -0.05) is 23.7 Å². The van der Waals surface area contributed by atoms with Gasteiger partial charge >= 0.3 is 5.97 Å². The predicted octanol–water partition coefficient (Wildman–Crippen LogP) is 4.51. The molecule has 1 aliphatic carbocycles. The minimum Gasteiger partial charge on any atom is -0.490 e. The number of halogens is 2. The number of benzene rings is 2. The van der Waals surface area contributed by atoms with Crippen molar-refractivity contribution in [2.75, 3.05) is 13.2 Å². The van der Waals surface area contributed by atoms with E-state index >= 15 is 0 Å². The number of rotatable bonds is 7. The first kappa shape index (κ1) is 20.4. The largest absolute Gasteiger partial charge is 0.490 e. The van der Waals surface area contributed by atoms with Gasteiger partial charge in [0.15, 0.2) is 11.0 Å². The van der Waals surface area contributed by atoms with E-state index in [0.717, 1.165) is 12.1 Å². The van der Waals surface area contributed by atoms with Crippen molar-refractivity contribution in [3.63, 3.8) is 0 Å². The van der Waals surface area contributed by atoms with Gasteiger partial charge in [-0.2, -0.15) is 0 Å². The van der Waals surface area contributed by atoms with Crippen LogP contribution in [0.1, 0.15) is 12.8 Å². The molecule has 1 N–H and O–H groups in total. The fourth-order valence-electron chi connectivity index (χ4n) is 3.38. The van der Waals surface area contributed by atoms with Crippen LogP contribution in [0, 0.1) is 11.7 Å². The van der Waals surface area contributed by atoms with Crippen molar-refractivity contribution in [3.05, 3.63) is 63.5 Å². The Balaban J connectivity index is 1.48. The summed E-state index contributed by atoms with van der Waals surface area (Å²) in [4.78, 5) is 23.3. The Bertz CT molecular complexity index is 1150. The third-order valence-corrected chi connectivity index (χ3v) is 5.32. The molecule has 3 aromatic rings. The Hall–Kier alpha value is -2.90. The standard InChI is InChI=1S/C22H18ClFO6/c23-17-10-13(24)9-16-18(25)11-20(30-21(16)17)15-3-1-2-4-19(15)29-6-5-28-14-7-12(8-14)22(26)27/h1-4,9-12,14H,5-8H2,(H,26,27). The summed E-state index contributed by atoms with van der Waals surface area (Å²) in [6.45, 7) is 0.549. The lowest BCUT2D eigenvalue weighted by Crippen LogP contribution is -2.37. The summed E-state index contributed by atoms with van der Waals surface area (Å²) in [6.07, 6.45) is 0.955. The van der Waals surface area contributed by atoms with E-state index in [1.54, 1.807) is 24.3 Å². The molecule has 0 atom stereocenters. The Morgan fingerprint density at radius 1 is 1.20 bits per heavy atom. The number of carboxylic acids is 1. The molecule has 0 bridgehead atoms. The van der Waals surface area contributed by atoms with Crippen LogP contribution in [0.3, 0.4) is 0 Å². The molecule has 0 unspecified atom stereocenters. The van der Waals surface area contributed by atoms with Gasteiger partial charge in [0.25, 0.3) is 0 Å². The highest BCUT2D eigenvalue weighted by molar-refractivity contribution is 6.34. The van der Waals surface area contributed by atoms with Crippen LogP contribution < -0.4 is 10.2 Å². The molecule has 0 spiro atoms. The zero-order valence-corrected chi connectivity index (χ0v) is 16.5. The Morgan fingerprint density at radius 3 is 2.73 bits per heavy atom. The first-order valence-corrected chi connectivity index (χ1v) is 9.79. The molecule has 8 heteroatoms. The van der Waals surface area contributed by atoms with Crippen LogP contribution in [0.4, 0.5) is 4.39 Å². The zero-order valence-electron chi connectivity index (χ0n) is 15.8. The molecule has 1 fully saturated rings. The van der Waals surface area contributed by atoms with Crippen LogP contribution in [-0.4, -0.2) is 30.4 Å². The van der Waals surface area contributed by atoms with Crippen LogP contribution in [0.25, 0.3) is 22.3 Å². The maximum Gasteiger partial charge on any atom is 0.306 e. The molecule has 1 aromatic heterocycles. The lowest BCUT2D eigenvalue weighted by atomic mass is 9.82. The van der Waals surface area contributed by atoms with Gasteiger partial charge in [-0.15, -0.1) is 0 Å². The molecule has 0 saturated heterocycles. The summed E-state index contributed by atoms with van der Waals surface area (Å²) < 4.78 is 30.8. The molecule has 30 heavy (non-hydrogen) atoms. The fourth-order valence-corrected chi connectivity index (χ4v) is 3.63. The highest BCUT2D eigenvalue weighted by Crippen LogP contribution is 2.33. The van der Waals surface area contributed by atoms with Crippen molar-refractivity contribution in [2.45, 2.75) is 18.9 Å². The second-order valence-electron chi connectivity index (χ2n) is 7.08. The van der Waals surface area contributed by atoms with E-state index in [-0.39, 0.29) is 40.4 Å². The summed E-state index contributed by atoms with van der Waals surface area (Å²) in [5.74, 6) is -0.996. The van der Waals surface area contributed by atoms with Crippen LogP contribution in [0.2, 0.25) is 5.02 Å². The van der Waals surface area contributed by atoms with E-state index in [4.69, 9.17) is 30.6 Å². The molecule has 2 aromatic carbocycles. The minimum atomic E-state index is -0.792. The van der Waals surface area contributed by atoms with Crippen molar-refractivity contribution >= 4 is 28.5 Å². The topological polar surface area (TPSA) is 86.0 Å². The maximum atomic E-state index is 13.6. The molecule has 156 valence electrons. The van der Waals surface area contributed by atoms with Gasteiger partial charge in [0.05, 0.1) is 34.6 Å². The molecule has 1 heterocycles. The SMILES string of the molecule is O=C(O)C1CC(OCCOc2ccccc2-c2cc(=O)c3cc(F)cc(Cl)c3o2)C1. The van der Waals surface area contributed by atoms with Crippen molar-refractivity contribution in [2.24, 2.45) is 5.92 Å². The fraction of sp³-hybridized carbons (Fsp3) is 0.273. The number of para-hydroxylation sites is 1. The van der Waals surface area contributed by atoms with E-state index in [9.17, 15) is 14.0 Å². The number of carboxylic acid groups (broad SMARTS) is 1. The van der Waals surface area contributed by atoms with Gasteiger partial charge in [-0.05, 0) is 37.1 Å². The highest BCUT2D eigenvalue weighted by Gasteiger charge is 2.34. The van der Waals surface area contributed by atoms with Crippen molar-refractivity contribution in [1.29, 1.82) is 0 Å². The number of ether oxygens (including phenoxy) is 2. The van der Waals surface area contributed by atoms with Gasteiger partial charge in [0, 0.05) is 6.07 Å². The van der Waals surface area contributed by atoms with Crippen LogP contribution in [-0.2, 0) is 9.53 Å². The van der Waals surface area contributed by atoms with E-state index in [2.05, 4.69) is 0 Å². The lowest BCUT2D eigenvalue weighted by Gasteiger charge is -2.32. The summed E-state index contributed by atoms with van der Waals surface area (Å²) in [6, 6.07) is 10.5. The summed E-state index contributed by atoms with van der Waals surface area (Å²) in [7, 11) is 0. The molecule has 1 saturated carbocycles. The molecule has 0 amide bonds. The van der Waals surface area contributed by atoms with E-state index in [0.29, 0.717) is 30.8 Å². The van der Waals surface area contributed by atoms with Gasteiger partial charge in [-0.25, -0.2) is 4.39 Å². The molecular weight excluding hydrogens is 415 g/mol. The van der Waals surface area contributed by atoms with Crippen molar-refractivity contribution in [3.8, 4) is 17.1 Å². The lowest BCUT2D eigenvalue weighted by molar-refractivity contribution is -0.151. The Labute approximate surface area is 175 Å². The van der Waals surface area contributed by atoms with Crippen LogP contribution in [0.5, 0.6) is 5.75 Å². The van der Waals surface area contributed by atoms with E-state index in [1.165, 1.54) is 6.07 Å². The first-order chi connectivity index (χ1) is 14.4. The number of hydrogen-bond acceptors (Lipinski definition) is 5. The van der Waals surface area contributed by atoms with Gasteiger partial charge in [0.2, 0.25) is 0 Å². The summed E-state index contributed by atoms with van der Waals surface area (Å²) >= 11 is 6.06. The molecule has 0 aliphatic heterocycles. The van der Waals surface area contributed by atoms with Crippen molar-refractivity contribution in [1.82, 2.24) is 0 Å². The molecule has 6 nitrogen and oxygen atoms in total. The third kappa shape index (κ3) is 4.17. The molecule has 1 aliphatic rings. The zero-order chi connectivity index (χ0) is 21.3. The van der Waals surface area contributed by atoms with Crippen LogP contribution >= 0.6 is 11.6 Å². The minimum absolute atomic E-state index is 0.0101. The monoisotopic (exact) mass is 432 g/mol. The number of aliphatic carboxylic acids is 1. The molecule has 0 radical (unpaired) electrons. The average molecular weight is 433 g/mol. The van der Waals surface area contributed by atoms with Crippen LogP contribution in [0.15, 0.2) is 51.7 Å². The van der Waals surface area contributed by atoms with Gasteiger partial charge in [0.1, 0.15) is 23.9 Å². The van der Waals surface area contributed by atoms with E-state index < -0.39 is 17.2 Å². The molecular formula is C22H18ClFO6. The Morgan fingerprint density at radius 2 is 1.97 bits per heavy atom. The van der Waals surface area contributed by atoms with Gasteiger partial charge in [-0.3, -0.25) is 9.59 Å². The quantitative estimate of drug-likeness (QED) is 0.553. The maximum absolute atomic E-state index is 13.6. The average Bonchev–Trinajstić information content (AvgIpc) is 2.67. The van der Waals surface area contributed by atoms with Gasteiger partial charge < -0.3 is 19.0 Å². The van der Waals surface area contributed by atoms with E-state index in [1.807, 2.05) is 0 Å².